The molecule has 0 aromatic carbocycles. The molecule has 0 rings (SSSR count). The molecule has 0 saturated carbocycles. The van der Waals surface area contributed by atoms with Gasteiger partial charge in [-0.15, -0.1) is 0 Å². The number of esters is 1. The Morgan fingerprint density at radius 1 is 0.714 bits per heavy atom. The normalized spacial score (nSPS) is 11.8. The van der Waals surface area contributed by atoms with Gasteiger partial charge in [-0.2, -0.15) is 8.42 Å². The first-order valence-electron chi connectivity index (χ1n) is 11.8. The Bertz CT molecular complexity index is 605. The topological polar surface area (TPSA) is 148 Å². The van der Waals surface area contributed by atoms with Crippen molar-refractivity contribution in [2.45, 2.75) is 82.8 Å². The molecule has 1 unspecified atom stereocenters. The Morgan fingerprint density at radius 3 is 1.54 bits per heavy atom. The van der Waals surface area contributed by atoms with Gasteiger partial charge in [0.05, 0.1) is 45.4 Å². The molecule has 196 valence electrons. The Balaban J connectivity index is -0.00000512. The maximum atomic E-state index is 11.4. The summed E-state index contributed by atoms with van der Waals surface area (Å²) in [5.74, 6) is -3.17. The van der Waals surface area contributed by atoms with Crippen molar-refractivity contribution in [2.24, 2.45) is 0 Å². The van der Waals surface area contributed by atoms with E-state index in [1.807, 2.05) is 0 Å². The third kappa shape index (κ3) is 27.6. The van der Waals surface area contributed by atoms with E-state index in [0.29, 0.717) is 19.8 Å². The van der Waals surface area contributed by atoms with Crippen LogP contribution in [-0.4, -0.2) is 76.4 Å². The maximum Gasteiger partial charge on any atom is 1.00 e. The van der Waals surface area contributed by atoms with Gasteiger partial charge in [-0.25, -0.2) is 0 Å². The summed E-state index contributed by atoms with van der Waals surface area (Å²) < 4.78 is 51.1. The number of carbonyl (C=O) groups is 2. The second-order valence-electron chi connectivity index (χ2n) is 7.77. The standard InChI is InChI=1S/C22H42O10S.2Na/c1-2-3-4-5-6-7-8-9-10-11-12-29-13-14-30-15-16-31-17-18-32-21(23)19-20(22(24)25)33(26,27)28;;/h20H,2-19H2,1H3,(H,24,25)(H,26,27,28);;/q;2*+1/p-1. The first kappa shape index (κ1) is 40.2. The van der Waals surface area contributed by atoms with Gasteiger partial charge >= 0.3 is 65.1 Å². The molecule has 10 nitrogen and oxygen atoms in total. The van der Waals surface area contributed by atoms with E-state index in [1.54, 1.807) is 0 Å². The fraction of sp³-hybridized carbons (Fsp3) is 0.909. The van der Waals surface area contributed by atoms with E-state index >= 15 is 0 Å². The van der Waals surface area contributed by atoms with Gasteiger partial charge in [0.25, 0.3) is 10.1 Å². The van der Waals surface area contributed by atoms with Crippen molar-refractivity contribution < 1.29 is 106 Å². The predicted octanol–water partition coefficient (Wildman–Crippen LogP) is -4.10. The van der Waals surface area contributed by atoms with E-state index < -0.39 is 33.7 Å². The summed E-state index contributed by atoms with van der Waals surface area (Å²) in [5, 5.41) is 8.28. The number of hydrogen-bond acceptors (Lipinski definition) is 9. The summed E-state index contributed by atoms with van der Waals surface area (Å²) in [5.41, 5.74) is 0. The third-order valence-corrected chi connectivity index (χ3v) is 5.93. The molecule has 0 heterocycles. The molecule has 0 aliphatic heterocycles. The average Bonchev–Trinajstić information content (AvgIpc) is 2.75. The van der Waals surface area contributed by atoms with Crippen LogP contribution in [0.5, 0.6) is 0 Å². The molecule has 35 heavy (non-hydrogen) atoms. The molecule has 13 heteroatoms. The summed E-state index contributed by atoms with van der Waals surface area (Å²) in [6, 6.07) is 0. The van der Waals surface area contributed by atoms with Crippen LogP contribution in [0.4, 0.5) is 0 Å². The van der Waals surface area contributed by atoms with Crippen LogP contribution in [0, 0.1) is 0 Å². The van der Waals surface area contributed by atoms with Gasteiger partial charge in [0.2, 0.25) is 0 Å². The van der Waals surface area contributed by atoms with Crippen molar-refractivity contribution in [3.8, 4) is 0 Å². The van der Waals surface area contributed by atoms with Gasteiger partial charge in [-0.05, 0) is 6.42 Å². The summed E-state index contributed by atoms with van der Waals surface area (Å²) >= 11 is 0. The van der Waals surface area contributed by atoms with Crippen molar-refractivity contribution in [2.75, 3.05) is 46.2 Å². The quantitative estimate of drug-likeness (QED) is 0.0551. The van der Waals surface area contributed by atoms with Gasteiger partial charge in [-0.1, -0.05) is 64.7 Å². The molecule has 0 saturated heterocycles. The first-order valence-corrected chi connectivity index (χ1v) is 13.3. The number of carbonyl (C=O) groups excluding carboxylic acids is 2. The summed E-state index contributed by atoms with van der Waals surface area (Å²) in [4.78, 5) is 22.0. The fourth-order valence-electron chi connectivity index (χ4n) is 2.97. The monoisotopic (exact) mass is 543 g/mol. The number of carboxylic acids is 1. The van der Waals surface area contributed by atoms with Crippen LogP contribution in [0.3, 0.4) is 0 Å². The van der Waals surface area contributed by atoms with Crippen molar-refractivity contribution >= 4 is 22.1 Å². The number of ether oxygens (including phenoxy) is 4. The van der Waals surface area contributed by atoms with E-state index in [1.165, 1.54) is 57.8 Å². The Hall–Kier alpha value is 0.730. The van der Waals surface area contributed by atoms with E-state index in [9.17, 15) is 23.1 Å². The smallest absolute Gasteiger partial charge is 0.549 e. The van der Waals surface area contributed by atoms with Crippen molar-refractivity contribution in [3.05, 3.63) is 0 Å². The van der Waals surface area contributed by atoms with Crippen molar-refractivity contribution in [1.82, 2.24) is 0 Å². The zero-order valence-electron chi connectivity index (χ0n) is 21.8. The van der Waals surface area contributed by atoms with Crippen molar-refractivity contribution in [3.63, 3.8) is 0 Å². The van der Waals surface area contributed by atoms with Crippen molar-refractivity contribution in [1.29, 1.82) is 0 Å². The third-order valence-electron chi connectivity index (χ3n) is 4.85. The van der Waals surface area contributed by atoms with Gasteiger partial charge in [0.15, 0.2) is 0 Å². The van der Waals surface area contributed by atoms with Crippen LogP contribution in [-0.2, 0) is 38.7 Å². The summed E-state index contributed by atoms with van der Waals surface area (Å²) in [6.45, 7) is 4.39. The second kappa shape index (κ2) is 27.8. The number of unbranched alkanes of at least 4 members (excludes halogenated alkanes) is 9. The van der Waals surface area contributed by atoms with E-state index in [2.05, 4.69) is 11.7 Å². The first-order chi connectivity index (χ1) is 15.8. The van der Waals surface area contributed by atoms with Gasteiger partial charge in [0, 0.05) is 6.61 Å². The van der Waals surface area contributed by atoms with Crippen LogP contribution in [0.15, 0.2) is 0 Å². The maximum absolute atomic E-state index is 11.4. The Kier molecular flexibility index (Phi) is 31.9. The molecule has 0 aliphatic rings. The minimum Gasteiger partial charge on any atom is -0.549 e. The number of carboxylic acid groups (broad SMARTS) is 1. The molecule has 0 bridgehead atoms. The molecule has 1 N–H and O–H groups in total. The number of aliphatic carboxylic acids is 1. The Labute approximate surface area is 254 Å². The minimum absolute atomic E-state index is 0. The van der Waals surface area contributed by atoms with E-state index in [4.69, 9.17) is 18.8 Å². The van der Waals surface area contributed by atoms with Crippen LogP contribution >= 0.6 is 0 Å². The summed E-state index contributed by atoms with van der Waals surface area (Å²) in [7, 11) is -4.94. The Morgan fingerprint density at radius 2 is 1.11 bits per heavy atom. The minimum atomic E-state index is -4.94. The molecule has 0 aliphatic carbocycles. The predicted molar refractivity (Wildman–Crippen MR) is 120 cm³/mol. The zero-order chi connectivity index (χ0) is 24.8. The van der Waals surface area contributed by atoms with Gasteiger partial charge < -0.3 is 28.8 Å². The molecular weight excluding hydrogens is 502 g/mol. The molecule has 0 aromatic rings. The molecule has 0 spiro atoms. The molecule has 0 fully saturated rings. The average molecular weight is 544 g/mol. The van der Waals surface area contributed by atoms with Gasteiger partial charge in [-0.3, -0.25) is 9.35 Å². The second-order valence-corrected chi connectivity index (χ2v) is 9.37. The van der Waals surface area contributed by atoms with Gasteiger partial charge in [0.1, 0.15) is 11.9 Å². The molecule has 0 radical (unpaired) electrons. The zero-order valence-corrected chi connectivity index (χ0v) is 26.7. The SMILES string of the molecule is CCCCCCCCCCCCOCCOCCOCCOC(=O)CC(C(=O)[O-])S(=O)(=O)O.[Na+].[Na+]. The molecule has 0 aromatic heterocycles. The fourth-order valence-corrected chi connectivity index (χ4v) is 3.56. The molecule has 1 atom stereocenters. The molecular formula is C22H41Na2O10S+. The van der Waals surface area contributed by atoms with E-state index in [0.717, 1.165) is 13.0 Å². The number of hydrogen-bond donors (Lipinski definition) is 1. The van der Waals surface area contributed by atoms with Crippen LogP contribution in [0.25, 0.3) is 0 Å². The largest absolute Gasteiger partial charge is 1.00 e. The van der Waals surface area contributed by atoms with Crippen LogP contribution < -0.4 is 64.2 Å². The van der Waals surface area contributed by atoms with Crippen LogP contribution in [0.1, 0.15) is 77.6 Å². The van der Waals surface area contributed by atoms with E-state index in [-0.39, 0.29) is 78.9 Å². The molecule has 0 amide bonds. The number of rotatable bonds is 24. The summed E-state index contributed by atoms with van der Waals surface area (Å²) in [6.07, 6.45) is 11.8. The van der Waals surface area contributed by atoms with Crippen LogP contribution in [0.2, 0.25) is 0 Å².